The number of alkyl halides is 3. The summed E-state index contributed by atoms with van der Waals surface area (Å²) in [6, 6.07) is 8.15. The third-order valence-corrected chi connectivity index (χ3v) is 3.92. The summed E-state index contributed by atoms with van der Waals surface area (Å²) in [7, 11) is 0. The molecule has 0 amide bonds. The molecule has 3 heterocycles. The van der Waals surface area contributed by atoms with Gasteiger partial charge in [0.15, 0.2) is 11.6 Å². The molecule has 0 unspecified atom stereocenters. The van der Waals surface area contributed by atoms with Crippen LogP contribution >= 0.6 is 0 Å². The molecule has 1 aliphatic rings. The fraction of sp³-hybridized carbons (Fsp3) is 0.118. The lowest BCUT2D eigenvalue weighted by Gasteiger charge is -2.18. The molecular weight excluding hydrogens is 333 g/mol. The maximum atomic E-state index is 12.9. The van der Waals surface area contributed by atoms with Gasteiger partial charge in [0.05, 0.1) is 22.5 Å². The second-order valence-corrected chi connectivity index (χ2v) is 5.55. The summed E-state index contributed by atoms with van der Waals surface area (Å²) in [4.78, 5) is 16.9. The first-order chi connectivity index (χ1) is 11.9. The largest absolute Gasteiger partial charge is 0.416 e. The monoisotopic (exact) mass is 343 g/mol. The molecule has 8 heteroatoms. The van der Waals surface area contributed by atoms with Crippen molar-refractivity contribution in [1.29, 1.82) is 0 Å². The Bertz CT molecular complexity index is 993. The smallest absolute Gasteiger partial charge is 0.288 e. The van der Waals surface area contributed by atoms with Crippen molar-refractivity contribution in [3.8, 4) is 5.82 Å². The molecule has 1 aliphatic heterocycles. The number of ketones is 1. The van der Waals surface area contributed by atoms with Gasteiger partial charge in [-0.15, -0.1) is 0 Å². The SMILES string of the molecule is Cc1nn(-c2ccccn2)c2c1C(=O)c1cc(C(F)(F)F)ccc1[N]2. The highest BCUT2D eigenvalue weighted by atomic mass is 19.4. The number of carbonyl (C=O) groups excluding carboxylic acids is 1. The Balaban J connectivity index is 1.87. The number of hydrogen-bond donors (Lipinski definition) is 0. The van der Waals surface area contributed by atoms with Gasteiger partial charge in [0, 0.05) is 11.8 Å². The van der Waals surface area contributed by atoms with Gasteiger partial charge in [-0.3, -0.25) is 4.79 Å². The zero-order chi connectivity index (χ0) is 17.8. The van der Waals surface area contributed by atoms with E-state index in [9.17, 15) is 18.0 Å². The van der Waals surface area contributed by atoms with Crippen LogP contribution < -0.4 is 5.32 Å². The first-order valence-electron chi connectivity index (χ1n) is 7.35. The molecule has 0 N–H and O–H groups in total. The average molecular weight is 343 g/mol. The van der Waals surface area contributed by atoms with Crippen LogP contribution in [0.4, 0.5) is 24.7 Å². The summed E-state index contributed by atoms with van der Waals surface area (Å²) in [5.41, 5.74) is -0.198. The number of aromatic nitrogens is 3. The van der Waals surface area contributed by atoms with Gasteiger partial charge in [0.25, 0.3) is 0 Å². The number of nitrogens with zero attached hydrogens (tertiary/aromatic N) is 4. The minimum absolute atomic E-state index is 0.0778. The number of pyridine rings is 1. The van der Waals surface area contributed by atoms with Crippen molar-refractivity contribution < 1.29 is 18.0 Å². The number of aryl methyl sites for hydroxylation is 1. The molecule has 125 valence electrons. The van der Waals surface area contributed by atoms with Crippen molar-refractivity contribution in [3.63, 3.8) is 0 Å². The Morgan fingerprint density at radius 2 is 1.92 bits per heavy atom. The number of hydrogen-bond acceptors (Lipinski definition) is 3. The van der Waals surface area contributed by atoms with Gasteiger partial charge in [0.2, 0.25) is 5.78 Å². The molecule has 1 radical (unpaired) electrons. The Hall–Kier alpha value is -3.16. The number of rotatable bonds is 1. The number of halogens is 3. The van der Waals surface area contributed by atoms with Crippen LogP contribution in [-0.4, -0.2) is 20.5 Å². The highest BCUT2D eigenvalue weighted by molar-refractivity contribution is 6.17. The average Bonchev–Trinajstić information content (AvgIpc) is 2.91. The summed E-state index contributed by atoms with van der Waals surface area (Å²) in [5.74, 6) is 0.220. The fourth-order valence-corrected chi connectivity index (χ4v) is 2.76. The van der Waals surface area contributed by atoms with Gasteiger partial charge >= 0.3 is 6.18 Å². The van der Waals surface area contributed by atoms with E-state index in [1.165, 1.54) is 10.7 Å². The van der Waals surface area contributed by atoms with Gasteiger partial charge in [-0.2, -0.15) is 23.0 Å². The second kappa shape index (κ2) is 5.17. The van der Waals surface area contributed by atoms with Crippen LogP contribution in [0.3, 0.4) is 0 Å². The van der Waals surface area contributed by atoms with E-state index in [1.54, 1.807) is 31.3 Å². The molecule has 1 aromatic carbocycles. The molecule has 5 nitrogen and oxygen atoms in total. The molecular formula is C17H10F3N4O. The molecule has 0 spiro atoms. The first kappa shape index (κ1) is 15.4. The number of carbonyl (C=O) groups is 1. The van der Waals surface area contributed by atoms with Crippen LogP contribution in [0, 0.1) is 6.92 Å². The highest BCUT2D eigenvalue weighted by Crippen LogP contribution is 2.39. The molecule has 0 aliphatic carbocycles. The molecule has 2 aromatic heterocycles. The Morgan fingerprint density at radius 1 is 1.12 bits per heavy atom. The summed E-state index contributed by atoms with van der Waals surface area (Å²) in [5, 5.41) is 8.64. The Kier molecular flexibility index (Phi) is 3.18. The van der Waals surface area contributed by atoms with E-state index in [1.807, 2.05) is 0 Å². The standard InChI is InChI=1S/C17H10F3N4O/c1-9-14-15(25)11-8-10(17(18,19)20)5-6-12(11)22-16(14)24(23-9)13-4-2-3-7-21-13/h2-8H,1H3. The van der Waals surface area contributed by atoms with Gasteiger partial charge in [-0.1, -0.05) is 6.07 Å². The van der Waals surface area contributed by atoms with Crippen molar-refractivity contribution in [2.75, 3.05) is 0 Å². The van der Waals surface area contributed by atoms with Gasteiger partial charge < -0.3 is 0 Å². The lowest BCUT2D eigenvalue weighted by atomic mass is 9.96. The second-order valence-electron chi connectivity index (χ2n) is 5.55. The van der Waals surface area contributed by atoms with Crippen LogP contribution in [0.25, 0.3) is 5.82 Å². The van der Waals surface area contributed by atoms with Crippen molar-refractivity contribution in [2.45, 2.75) is 13.1 Å². The van der Waals surface area contributed by atoms with Gasteiger partial charge in [0.1, 0.15) is 0 Å². The molecule has 4 rings (SSSR count). The van der Waals surface area contributed by atoms with Crippen molar-refractivity contribution in [2.24, 2.45) is 0 Å². The Labute approximate surface area is 140 Å². The van der Waals surface area contributed by atoms with Crippen LogP contribution in [0.1, 0.15) is 27.2 Å². The third kappa shape index (κ3) is 2.37. The number of fused-ring (bicyclic) bond motifs is 2. The summed E-state index contributed by atoms with van der Waals surface area (Å²) >= 11 is 0. The van der Waals surface area contributed by atoms with Crippen LogP contribution in [-0.2, 0) is 6.18 Å². The van der Waals surface area contributed by atoms with E-state index >= 15 is 0 Å². The normalized spacial score (nSPS) is 13.2. The van der Waals surface area contributed by atoms with Crippen LogP contribution in [0.15, 0.2) is 42.6 Å². The summed E-state index contributed by atoms with van der Waals surface area (Å²) in [6.45, 7) is 1.62. The minimum atomic E-state index is -4.53. The van der Waals surface area contributed by atoms with E-state index < -0.39 is 17.5 Å². The fourth-order valence-electron chi connectivity index (χ4n) is 2.76. The third-order valence-electron chi connectivity index (χ3n) is 3.92. The molecule has 25 heavy (non-hydrogen) atoms. The number of benzene rings is 1. The molecule has 0 saturated heterocycles. The predicted molar refractivity (Wildman–Crippen MR) is 82.4 cm³/mol. The van der Waals surface area contributed by atoms with Crippen LogP contribution in [0.2, 0.25) is 0 Å². The van der Waals surface area contributed by atoms with E-state index in [0.717, 1.165) is 12.1 Å². The van der Waals surface area contributed by atoms with E-state index in [2.05, 4.69) is 15.4 Å². The van der Waals surface area contributed by atoms with E-state index in [-0.39, 0.29) is 22.6 Å². The molecule has 0 fully saturated rings. The topological polar surface area (TPSA) is 61.9 Å². The zero-order valence-corrected chi connectivity index (χ0v) is 12.9. The highest BCUT2D eigenvalue weighted by Gasteiger charge is 2.36. The van der Waals surface area contributed by atoms with Crippen molar-refractivity contribution in [3.05, 3.63) is 65.0 Å². The molecule has 0 saturated carbocycles. The lowest BCUT2D eigenvalue weighted by Crippen LogP contribution is -2.17. The van der Waals surface area contributed by atoms with E-state index in [4.69, 9.17) is 0 Å². The first-order valence-corrected chi connectivity index (χ1v) is 7.35. The lowest BCUT2D eigenvalue weighted by molar-refractivity contribution is -0.137. The van der Waals surface area contributed by atoms with Gasteiger partial charge in [-0.05, 0) is 37.3 Å². The predicted octanol–water partition coefficient (Wildman–Crippen LogP) is 3.71. The Morgan fingerprint density at radius 3 is 2.60 bits per heavy atom. The maximum absolute atomic E-state index is 12.9. The summed E-state index contributed by atoms with van der Waals surface area (Å²) in [6.07, 6.45) is -2.95. The van der Waals surface area contributed by atoms with Crippen LogP contribution in [0.5, 0.6) is 0 Å². The quantitative estimate of drug-likeness (QED) is 0.529. The summed E-state index contributed by atoms with van der Waals surface area (Å²) < 4.78 is 40.2. The minimum Gasteiger partial charge on any atom is -0.288 e. The molecule has 0 atom stereocenters. The molecule has 3 aromatic rings. The zero-order valence-electron chi connectivity index (χ0n) is 12.9. The molecule has 0 bridgehead atoms. The van der Waals surface area contributed by atoms with Crippen molar-refractivity contribution >= 4 is 17.3 Å². The van der Waals surface area contributed by atoms with Crippen molar-refractivity contribution in [1.82, 2.24) is 20.1 Å². The van der Waals surface area contributed by atoms with E-state index in [0.29, 0.717) is 11.5 Å². The maximum Gasteiger partial charge on any atom is 0.416 e. The van der Waals surface area contributed by atoms with Gasteiger partial charge in [-0.25, -0.2) is 10.3 Å².